The van der Waals surface area contributed by atoms with Gasteiger partial charge in [0.25, 0.3) is 0 Å². The van der Waals surface area contributed by atoms with Crippen LogP contribution < -0.4 is 4.90 Å². The predicted octanol–water partition coefficient (Wildman–Crippen LogP) is 14.5. The normalized spacial score (nSPS) is 11.6. The number of hydrogen-bond acceptors (Lipinski definition) is 6. The van der Waals surface area contributed by atoms with Crippen LogP contribution in [-0.2, 0) is 0 Å². The average Bonchev–Trinajstić information content (AvgIpc) is 3.60. The lowest BCUT2D eigenvalue weighted by molar-refractivity contribution is -0.383. The van der Waals surface area contributed by atoms with Gasteiger partial charge in [0, 0.05) is 19.2 Å². The summed E-state index contributed by atoms with van der Waals surface area (Å²) in [4.78, 5) is 13.5. The van der Waals surface area contributed by atoms with Gasteiger partial charge in [0.05, 0.1) is 10.6 Å². The van der Waals surface area contributed by atoms with E-state index in [2.05, 4.69) is 29.1 Å². The molecule has 7 heteroatoms. The van der Waals surface area contributed by atoms with Crippen molar-refractivity contribution >= 4 is 22.4 Å². The fourth-order valence-electron chi connectivity index (χ4n) is 7.30. The quantitative estimate of drug-likeness (QED) is 0.0403. The summed E-state index contributed by atoms with van der Waals surface area (Å²) in [5.74, 6) is 0. The molecule has 0 fully saturated rings. The van der Waals surface area contributed by atoms with E-state index in [4.69, 9.17) is 4.63 Å². The molecule has 0 radical (unpaired) electrons. The first-order valence-electron chi connectivity index (χ1n) is 21.3. The van der Waals surface area contributed by atoms with Gasteiger partial charge >= 0.3 is 5.69 Å². The van der Waals surface area contributed by atoms with Crippen LogP contribution in [-0.4, -0.2) is 28.3 Å². The van der Waals surface area contributed by atoms with Crippen molar-refractivity contribution in [1.82, 2.24) is 10.3 Å². The molecule has 282 valence electrons. The predicted molar refractivity (Wildman–Crippen MR) is 210 cm³/mol. The summed E-state index contributed by atoms with van der Waals surface area (Å²) in [7, 11) is 0. The maximum Gasteiger partial charge on any atom is 0.300 e. The molecule has 49 heavy (non-hydrogen) atoms. The topological polar surface area (TPSA) is 85.3 Å². The van der Waals surface area contributed by atoms with Crippen LogP contribution >= 0.6 is 0 Å². The molecule has 0 bridgehead atoms. The minimum absolute atomic E-state index is 0.0373. The number of unbranched alkanes of at least 4 members (excludes halogenated alkanes) is 30. The average molecular weight is 685 g/mol. The van der Waals surface area contributed by atoms with Crippen molar-refractivity contribution in [2.24, 2.45) is 0 Å². The number of non-ortho nitro benzene ring substituents is 1. The number of nitro groups is 1. The number of hydrogen-bond donors (Lipinski definition) is 0. The molecule has 1 heterocycles. The number of rotatable bonds is 36. The van der Waals surface area contributed by atoms with Gasteiger partial charge in [-0.2, -0.15) is 0 Å². The van der Waals surface area contributed by atoms with E-state index in [1.165, 1.54) is 193 Å². The number of benzene rings is 1. The lowest BCUT2D eigenvalue weighted by atomic mass is 10.0. The molecule has 0 aliphatic rings. The van der Waals surface area contributed by atoms with E-state index in [1.807, 2.05) is 6.07 Å². The first-order valence-corrected chi connectivity index (χ1v) is 21.3. The monoisotopic (exact) mass is 685 g/mol. The van der Waals surface area contributed by atoms with Crippen LogP contribution in [0, 0.1) is 10.1 Å². The van der Waals surface area contributed by atoms with Gasteiger partial charge in [0.15, 0.2) is 5.52 Å². The lowest BCUT2D eigenvalue weighted by Crippen LogP contribution is -2.26. The number of fused-ring (bicyclic) bond motifs is 1. The van der Waals surface area contributed by atoms with Gasteiger partial charge < -0.3 is 4.90 Å². The van der Waals surface area contributed by atoms with Gasteiger partial charge in [0.2, 0.25) is 5.52 Å². The highest BCUT2D eigenvalue weighted by Crippen LogP contribution is 2.32. The molecule has 7 nitrogen and oxygen atoms in total. The fraction of sp³-hybridized carbons (Fsp3) is 0.857. The summed E-state index contributed by atoms with van der Waals surface area (Å²) >= 11 is 0. The highest BCUT2D eigenvalue weighted by molar-refractivity contribution is 5.93. The second-order valence-electron chi connectivity index (χ2n) is 14.9. The summed E-state index contributed by atoms with van der Waals surface area (Å²) < 4.78 is 4.99. The zero-order valence-electron chi connectivity index (χ0n) is 32.2. The van der Waals surface area contributed by atoms with Crippen LogP contribution in [0.2, 0.25) is 0 Å². The Labute approximate surface area is 301 Å². The van der Waals surface area contributed by atoms with Gasteiger partial charge in [-0.1, -0.05) is 206 Å². The third kappa shape index (κ3) is 20.9. The van der Waals surface area contributed by atoms with Crippen LogP contribution in [0.4, 0.5) is 11.4 Å². The first kappa shape index (κ1) is 43.0. The van der Waals surface area contributed by atoms with Crippen molar-refractivity contribution in [3.05, 3.63) is 22.2 Å². The van der Waals surface area contributed by atoms with Crippen LogP contribution in [0.15, 0.2) is 16.8 Å². The summed E-state index contributed by atoms with van der Waals surface area (Å²) in [6.07, 6.45) is 43.6. The second-order valence-corrected chi connectivity index (χ2v) is 14.9. The standard InChI is InChI=1S/C42H76N4O3/c1-3-5-7-9-11-13-15-17-19-21-23-25-27-29-31-33-37-45(39-35-36-40(46(47)48)42-41(39)43-49-44-42)38-34-32-30-28-26-24-22-20-18-16-14-12-10-8-6-4-2/h35-36H,3-34,37-38H2,1-2H3. The highest BCUT2D eigenvalue weighted by atomic mass is 16.6. The minimum atomic E-state index is -0.397. The molecule has 0 amide bonds. The van der Waals surface area contributed by atoms with E-state index in [9.17, 15) is 10.1 Å². The van der Waals surface area contributed by atoms with Crippen molar-refractivity contribution < 1.29 is 9.55 Å². The summed E-state index contributed by atoms with van der Waals surface area (Å²) in [6, 6.07) is 3.42. The first-order chi connectivity index (χ1) is 24.2. The molecule has 0 spiro atoms. The van der Waals surface area contributed by atoms with Crippen molar-refractivity contribution in [2.75, 3.05) is 18.0 Å². The van der Waals surface area contributed by atoms with Crippen molar-refractivity contribution in [1.29, 1.82) is 0 Å². The molecule has 0 aliphatic heterocycles. The Hall–Kier alpha value is -2.18. The van der Waals surface area contributed by atoms with Gasteiger partial charge in [-0.15, -0.1) is 0 Å². The summed E-state index contributed by atoms with van der Waals surface area (Å²) in [6.45, 7) is 6.46. The zero-order chi connectivity index (χ0) is 35.0. The molecule has 0 atom stereocenters. The summed E-state index contributed by atoms with van der Waals surface area (Å²) in [5.41, 5.74) is 1.65. The Kier molecular flexibility index (Phi) is 26.9. The Morgan fingerprint density at radius 1 is 0.490 bits per heavy atom. The van der Waals surface area contributed by atoms with E-state index < -0.39 is 4.92 Å². The third-order valence-electron chi connectivity index (χ3n) is 10.5. The largest absolute Gasteiger partial charge is 0.370 e. The molecular weight excluding hydrogens is 608 g/mol. The molecule has 0 unspecified atom stereocenters. The smallest absolute Gasteiger partial charge is 0.300 e. The fourth-order valence-corrected chi connectivity index (χ4v) is 7.30. The zero-order valence-corrected chi connectivity index (χ0v) is 32.2. The molecular formula is C42H76N4O3. The Morgan fingerprint density at radius 3 is 1.12 bits per heavy atom. The van der Waals surface area contributed by atoms with Crippen LogP contribution in [0.1, 0.15) is 219 Å². The maximum absolute atomic E-state index is 11.6. The van der Waals surface area contributed by atoms with Crippen LogP contribution in [0.3, 0.4) is 0 Å². The van der Waals surface area contributed by atoms with Crippen molar-refractivity contribution in [3.63, 3.8) is 0 Å². The highest BCUT2D eigenvalue weighted by Gasteiger charge is 2.22. The lowest BCUT2D eigenvalue weighted by Gasteiger charge is -2.25. The van der Waals surface area contributed by atoms with Gasteiger partial charge in [-0.05, 0) is 29.2 Å². The maximum atomic E-state index is 11.6. The number of anilines is 1. The molecule has 0 saturated carbocycles. The van der Waals surface area contributed by atoms with E-state index in [-0.39, 0.29) is 11.2 Å². The number of nitrogens with zero attached hydrogens (tertiary/aromatic N) is 4. The van der Waals surface area contributed by atoms with E-state index >= 15 is 0 Å². The Balaban J connectivity index is 1.60. The molecule has 2 rings (SSSR count). The molecule has 0 aliphatic carbocycles. The number of aromatic nitrogens is 2. The molecule has 0 saturated heterocycles. The molecule has 1 aromatic heterocycles. The van der Waals surface area contributed by atoms with Crippen LogP contribution in [0.25, 0.3) is 11.0 Å². The van der Waals surface area contributed by atoms with Crippen molar-refractivity contribution in [2.45, 2.75) is 219 Å². The van der Waals surface area contributed by atoms with E-state index in [1.54, 1.807) is 6.07 Å². The molecule has 1 aromatic carbocycles. The summed E-state index contributed by atoms with van der Waals surface area (Å²) in [5, 5.41) is 19.5. The van der Waals surface area contributed by atoms with Crippen molar-refractivity contribution in [3.8, 4) is 0 Å². The second kappa shape index (κ2) is 30.6. The Bertz CT molecular complexity index is 1010. The van der Waals surface area contributed by atoms with Crippen LogP contribution in [0.5, 0.6) is 0 Å². The third-order valence-corrected chi connectivity index (χ3v) is 10.5. The minimum Gasteiger partial charge on any atom is -0.370 e. The van der Waals surface area contributed by atoms with E-state index in [0.717, 1.165) is 31.6 Å². The molecule has 2 aromatic rings. The van der Waals surface area contributed by atoms with Gasteiger partial charge in [0.1, 0.15) is 0 Å². The number of nitro benzene ring substituents is 1. The SMILES string of the molecule is CCCCCCCCCCCCCCCCCCN(CCCCCCCCCCCCCCCCCC)c1ccc([N+](=O)[O-])c2nonc12. The van der Waals surface area contributed by atoms with E-state index in [0.29, 0.717) is 5.52 Å². The van der Waals surface area contributed by atoms with Gasteiger partial charge in [-0.25, -0.2) is 4.63 Å². The molecule has 0 N–H and O–H groups in total. The van der Waals surface area contributed by atoms with Gasteiger partial charge in [-0.3, -0.25) is 10.1 Å². The Morgan fingerprint density at radius 2 is 0.796 bits per heavy atom.